The molecule has 0 aliphatic rings. The Morgan fingerprint density at radius 3 is 2.03 bits per heavy atom. The van der Waals surface area contributed by atoms with E-state index < -0.39 is 5.97 Å². The molecule has 0 aliphatic carbocycles. The van der Waals surface area contributed by atoms with Crippen molar-refractivity contribution in [3.8, 4) is 0 Å². The SMILES string of the molecule is CCCCN(CCCC)CCCc1ccc(C(=O)c2c(C(C)C)oc3ccc(C(=O)OC(C)C)cc23)cc1. The number of rotatable bonds is 15. The summed E-state index contributed by atoms with van der Waals surface area (Å²) in [6.45, 7) is 15.6. The topological polar surface area (TPSA) is 59.8 Å². The van der Waals surface area contributed by atoms with E-state index in [1.165, 1.54) is 44.3 Å². The van der Waals surface area contributed by atoms with Crippen LogP contribution >= 0.6 is 0 Å². The highest BCUT2D eigenvalue weighted by Gasteiger charge is 2.25. The second kappa shape index (κ2) is 14.3. The first-order chi connectivity index (χ1) is 18.2. The first-order valence-corrected chi connectivity index (χ1v) is 14.4. The first kappa shape index (κ1) is 29.6. The van der Waals surface area contributed by atoms with Gasteiger partial charge < -0.3 is 14.1 Å². The number of fused-ring (bicyclic) bond motifs is 1. The van der Waals surface area contributed by atoms with Gasteiger partial charge in [-0.15, -0.1) is 0 Å². The van der Waals surface area contributed by atoms with Crippen LogP contribution in [0.1, 0.15) is 117 Å². The molecule has 0 N–H and O–H groups in total. The van der Waals surface area contributed by atoms with Crippen molar-refractivity contribution in [2.24, 2.45) is 0 Å². The maximum atomic E-state index is 13.7. The average Bonchev–Trinajstić information content (AvgIpc) is 3.28. The molecule has 1 aromatic heterocycles. The Labute approximate surface area is 228 Å². The number of aryl methyl sites for hydroxylation is 1. The molecule has 0 saturated carbocycles. The molecule has 1 heterocycles. The van der Waals surface area contributed by atoms with Crippen LogP contribution in [0.2, 0.25) is 0 Å². The number of ether oxygens (including phenoxy) is 1. The Bertz CT molecular complexity index is 1180. The number of furan rings is 1. The molecular weight excluding hydrogens is 474 g/mol. The number of carbonyl (C=O) groups is 2. The quantitative estimate of drug-likeness (QED) is 0.150. The molecule has 0 unspecified atom stereocenters. The van der Waals surface area contributed by atoms with Crippen molar-refractivity contribution in [2.45, 2.75) is 92.1 Å². The van der Waals surface area contributed by atoms with E-state index in [1.54, 1.807) is 18.2 Å². The second-order valence-corrected chi connectivity index (χ2v) is 10.8. The van der Waals surface area contributed by atoms with E-state index in [0.29, 0.717) is 33.4 Å². The van der Waals surface area contributed by atoms with Gasteiger partial charge in [0.05, 0.1) is 17.2 Å². The number of hydrogen-bond donors (Lipinski definition) is 0. The summed E-state index contributed by atoms with van der Waals surface area (Å²) < 4.78 is 11.5. The van der Waals surface area contributed by atoms with Crippen LogP contribution in [0.3, 0.4) is 0 Å². The van der Waals surface area contributed by atoms with Crippen molar-refractivity contribution in [1.82, 2.24) is 4.90 Å². The van der Waals surface area contributed by atoms with Gasteiger partial charge >= 0.3 is 5.97 Å². The van der Waals surface area contributed by atoms with Gasteiger partial charge in [0.25, 0.3) is 0 Å². The summed E-state index contributed by atoms with van der Waals surface area (Å²) in [7, 11) is 0. The van der Waals surface area contributed by atoms with Crippen molar-refractivity contribution in [3.63, 3.8) is 0 Å². The summed E-state index contributed by atoms with van der Waals surface area (Å²) in [4.78, 5) is 28.8. The average molecular weight is 520 g/mol. The molecule has 3 rings (SSSR count). The van der Waals surface area contributed by atoms with Crippen molar-refractivity contribution in [3.05, 3.63) is 70.5 Å². The van der Waals surface area contributed by atoms with Gasteiger partial charge in [-0.3, -0.25) is 4.79 Å². The number of nitrogens with zero attached hydrogens (tertiary/aromatic N) is 1. The maximum absolute atomic E-state index is 13.7. The van der Waals surface area contributed by atoms with E-state index in [2.05, 4.69) is 30.9 Å². The molecule has 0 spiro atoms. The van der Waals surface area contributed by atoms with Gasteiger partial charge in [0, 0.05) is 16.9 Å². The van der Waals surface area contributed by atoms with Gasteiger partial charge in [0.1, 0.15) is 11.3 Å². The molecule has 2 aromatic carbocycles. The summed E-state index contributed by atoms with van der Waals surface area (Å²) in [5.41, 5.74) is 3.42. The highest BCUT2D eigenvalue weighted by molar-refractivity contribution is 6.17. The van der Waals surface area contributed by atoms with Crippen LogP contribution in [0.5, 0.6) is 0 Å². The summed E-state index contributed by atoms with van der Waals surface area (Å²) in [5.74, 6) is 0.177. The fourth-order valence-electron chi connectivity index (χ4n) is 4.74. The Kier molecular flexibility index (Phi) is 11.1. The smallest absolute Gasteiger partial charge is 0.338 e. The zero-order chi connectivity index (χ0) is 27.7. The Morgan fingerprint density at radius 2 is 1.45 bits per heavy atom. The third-order valence-corrected chi connectivity index (χ3v) is 6.86. The molecule has 0 saturated heterocycles. The predicted molar refractivity (Wildman–Crippen MR) is 155 cm³/mol. The number of hydrogen-bond acceptors (Lipinski definition) is 5. The van der Waals surface area contributed by atoms with Gasteiger partial charge in [-0.1, -0.05) is 64.8 Å². The summed E-state index contributed by atoms with van der Waals surface area (Å²) in [6, 6.07) is 13.1. The molecule has 5 heteroatoms. The van der Waals surface area contributed by atoms with Crippen LogP contribution < -0.4 is 0 Å². The lowest BCUT2D eigenvalue weighted by Gasteiger charge is -2.21. The van der Waals surface area contributed by atoms with Crippen molar-refractivity contribution >= 4 is 22.7 Å². The molecule has 0 radical (unpaired) electrons. The van der Waals surface area contributed by atoms with Crippen LogP contribution in [-0.4, -0.2) is 42.4 Å². The van der Waals surface area contributed by atoms with Crippen molar-refractivity contribution < 1.29 is 18.7 Å². The number of unbranched alkanes of at least 4 members (excludes halogenated alkanes) is 2. The molecule has 206 valence electrons. The van der Waals surface area contributed by atoms with E-state index in [4.69, 9.17) is 9.15 Å². The zero-order valence-electron chi connectivity index (χ0n) is 24.1. The molecular formula is C33H45NO4. The van der Waals surface area contributed by atoms with Crippen molar-refractivity contribution in [2.75, 3.05) is 19.6 Å². The van der Waals surface area contributed by atoms with Gasteiger partial charge in [-0.25, -0.2) is 4.79 Å². The highest BCUT2D eigenvalue weighted by atomic mass is 16.5. The third kappa shape index (κ3) is 7.80. The van der Waals surface area contributed by atoms with Crippen LogP contribution in [0, 0.1) is 0 Å². The number of esters is 1. The molecule has 0 atom stereocenters. The predicted octanol–water partition coefficient (Wildman–Crippen LogP) is 8.19. The number of ketones is 1. The maximum Gasteiger partial charge on any atom is 0.338 e. The molecule has 3 aromatic rings. The lowest BCUT2D eigenvalue weighted by atomic mass is 9.94. The molecule has 0 aliphatic heterocycles. The van der Waals surface area contributed by atoms with E-state index in [-0.39, 0.29) is 17.8 Å². The lowest BCUT2D eigenvalue weighted by molar-refractivity contribution is 0.0378. The van der Waals surface area contributed by atoms with Crippen LogP contribution in [0.25, 0.3) is 11.0 Å². The van der Waals surface area contributed by atoms with Gasteiger partial charge in [0.15, 0.2) is 5.78 Å². The first-order valence-electron chi connectivity index (χ1n) is 14.4. The molecule has 0 bridgehead atoms. The van der Waals surface area contributed by atoms with E-state index >= 15 is 0 Å². The van der Waals surface area contributed by atoms with Crippen LogP contribution in [-0.2, 0) is 11.2 Å². The third-order valence-electron chi connectivity index (χ3n) is 6.86. The normalized spacial score (nSPS) is 11.7. The lowest BCUT2D eigenvalue weighted by Crippen LogP contribution is -2.27. The number of carbonyl (C=O) groups excluding carboxylic acids is 2. The summed E-state index contributed by atoms with van der Waals surface area (Å²) in [5, 5.41) is 0.653. The monoisotopic (exact) mass is 519 g/mol. The summed E-state index contributed by atoms with van der Waals surface area (Å²) in [6.07, 6.45) is 6.85. The largest absolute Gasteiger partial charge is 0.460 e. The molecule has 38 heavy (non-hydrogen) atoms. The molecule has 0 fully saturated rings. The Morgan fingerprint density at radius 1 is 0.842 bits per heavy atom. The minimum absolute atomic E-state index is 0.0232. The van der Waals surface area contributed by atoms with Crippen LogP contribution in [0.4, 0.5) is 0 Å². The highest BCUT2D eigenvalue weighted by Crippen LogP contribution is 2.33. The minimum atomic E-state index is -0.403. The van der Waals surface area contributed by atoms with Crippen molar-refractivity contribution in [1.29, 1.82) is 0 Å². The fourth-order valence-corrected chi connectivity index (χ4v) is 4.74. The molecule has 5 nitrogen and oxygen atoms in total. The van der Waals surface area contributed by atoms with Gasteiger partial charge in [-0.05, 0) is 82.9 Å². The Hall–Kier alpha value is -2.92. The van der Waals surface area contributed by atoms with Gasteiger partial charge in [0.2, 0.25) is 0 Å². The van der Waals surface area contributed by atoms with Crippen LogP contribution in [0.15, 0.2) is 46.9 Å². The van der Waals surface area contributed by atoms with E-state index in [1.807, 2.05) is 39.8 Å². The number of benzene rings is 2. The minimum Gasteiger partial charge on any atom is -0.460 e. The molecule has 0 amide bonds. The van der Waals surface area contributed by atoms with E-state index in [0.717, 1.165) is 19.4 Å². The zero-order valence-corrected chi connectivity index (χ0v) is 24.1. The summed E-state index contributed by atoms with van der Waals surface area (Å²) >= 11 is 0. The van der Waals surface area contributed by atoms with Gasteiger partial charge in [-0.2, -0.15) is 0 Å². The Balaban J connectivity index is 1.77. The second-order valence-electron chi connectivity index (χ2n) is 10.8. The standard InChI is InChI=1S/C33H45NO4/c1-7-9-19-34(20-10-8-2)21-11-12-25-13-15-26(16-14-25)31(35)30-28-22-27(33(36)37-24(5)6)17-18-29(28)38-32(30)23(3)4/h13-18,22-24H,7-12,19-21H2,1-6H3. The fraction of sp³-hybridized carbons (Fsp3) is 0.515. The van der Waals surface area contributed by atoms with E-state index in [9.17, 15) is 9.59 Å².